The minimum atomic E-state index is -1.02. The Morgan fingerprint density at radius 3 is 2.70 bits per heavy atom. The fraction of sp³-hybridized carbons (Fsp3) is 0.200. The molecule has 2 heterocycles. The van der Waals surface area contributed by atoms with Crippen LogP contribution in [0.3, 0.4) is 0 Å². The van der Waals surface area contributed by atoms with Gasteiger partial charge < -0.3 is 14.4 Å². The molecule has 5 rings (SSSR count). The molecule has 0 atom stereocenters. The lowest BCUT2D eigenvalue weighted by Gasteiger charge is -2.12. The van der Waals surface area contributed by atoms with E-state index >= 15 is 0 Å². The van der Waals surface area contributed by atoms with Gasteiger partial charge in [-0.15, -0.1) is 0 Å². The van der Waals surface area contributed by atoms with E-state index in [1.165, 1.54) is 12.4 Å². The summed E-state index contributed by atoms with van der Waals surface area (Å²) in [6.45, 7) is 2.60. The van der Waals surface area contributed by atoms with Gasteiger partial charge in [-0.05, 0) is 49.1 Å². The maximum Gasteiger partial charge on any atom is 0.328 e. The van der Waals surface area contributed by atoms with Crippen LogP contribution in [0.25, 0.3) is 28.6 Å². The van der Waals surface area contributed by atoms with Gasteiger partial charge in [-0.3, -0.25) is 0 Å². The summed E-state index contributed by atoms with van der Waals surface area (Å²) in [5, 5.41) is 9.34. The number of carbonyl (C=O) groups is 1. The lowest BCUT2D eigenvalue weighted by Crippen LogP contribution is -2.13. The maximum atomic E-state index is 10.8. The molecule has 0 saturated heterocycles. The molecule has 1 aliphatic rings. The van der Waals surface area contributed by atoms with Crippen molar-refractivity contribution in [1.82, 2.24) is 19.5 Å². The molecule has 2 aromatic heterocycles. The largest absolute Gasteiger partial charge is 0.478 e. The smallest absolute Gasteiger partial charge is 0.328 e. The maximum absolute atomic E-state index is 10.8. The van der Waals surface area contributed by atoms with E-state index in [1.54, 1.807) is 12.1 Å². The predicted octanol–water partition coefficient (Wildman–Crippen LogP) is 5.22. The Balaban J connectivity index is 1.64. The summed E-state index contributed by atoms with van der Waals surface area (Å²) in [6, 6.07) is 15.4. The van der Waals surface area contributed by atoms with Crippen LogP contribution in [0.15, 0.2) is 60.9 Å². The SMILES string of the molecule is CC1(Oc2ncnc3c2nc(-c2ccc(/C=C/C(=O)O)cc2Cl)n3Cc2ccccc2)CC1. The molecule has 1 aliphatic carbocycles. The molecule has 1 fully saturated rings. The van der Waals surface area contributed by atoms with Crippen molar-refractivity contribution in [1.29, 1.82) is 0 Å². The summed E-state index contributed by atoms with van der Waals surface area (Å²) < 4.78 is 8.16. The van der Waals surface area contributed by atoms with E-state index in [0.717, 1.165) is 24.5 Å². The molecule has 7 nitrogen and oxygen atoms in total. The molecule has 1 N–H and O–H groups in total. The van der Waals surface area contributed by atoms with E-state index in [-0.39, 0.29) is 5.60 Å². The zero-order chi connectivity index (χ0) is 23.0. The van der Waals surface area contributed by atoms with Crippen molar-refractivity contribution in [3.63, 3.8) is 0 Å². The Labute approximate surface area is 195 Å². The van der Waals surface area contributed by atoms with Crippen LogP contribution in [-0.2, 0) is 11.3 Å². The molecule has 33 heavy (non-hydrogen) atoms. The molecule has 0 bridgehead atoms. The van der Waals surface area contributed by atoms with Crippen LogP contribution in [0, 0.1) is 0 Å². The number of nitrogens with zero attached hydrogens (tertiary/aromatic N) is 4. The van der Waals surface area contributed by atoms with Gasteiger partial charge in [0.1, 0.15) is 17.8 Å². The summed E-state index contributed by atoms with van der Waals surface area (Å²) in [5.74, 6) is 0.0828. The van der Waals surface area contributed by atoms with Crippen LogP contribution in [-0.4, -0.2) is 36.2 Å². The molecule has 166 valence electrons. The van der Waals surface area contributed by atoms with Crippen molar-refractivity contribution in [3.05, 3.63) is 77.1 Å². The molecule has 4 aromatic rings. The van der Waals surface area contributed by atoms with Crippen LogP contribution in [0.2, 0.25) is 5.02 Å². The lowest BCUT2D eigenvalue weighted by atomic mass is 10.1. The van der Waals surface area contributed by atoms with Gasteiger partial charge in [0.15, 0.2) is 11.2 Å². The molecule has 0 spiro atoms. The van der Waals surface area contributed by atoms with Crippen molar-refractivity contribution in [3.8, 4) is 17.3 Å². The first kappa shape index (κ1) is 21.2. The first-order valence-corrected chi connectivity index (χ1v) is 10.9. The van der Waals surface area contributed by atoms with Crippen molar-refractivity contribution in [2.45, 2.75) is 31.9 Å². The normalized spacial score (nSPS) is 14.6. The zero-order valence-corrected chi connectivity index (χ0v) is 18.7. The van der Waals surface area contributed by atoms with Crippen molar-refractivity contribution >= 4 is 34.8 Å². The summed E-state index contributed by atoms with van der Waals surface area (Å²) in [5.41, 5.74) is 3.52. The van der Waals surface area contributed by atoms with E-state index in [1.807, 2.05) is 41.0 Å². The van der Waals surface area contributed by atoms with Crippen LogP contribution >= 0.6 is 11.6 Å². The Bertz CT molecular complexity index is 1380. The van der Waals surface area contributed by atoms with E-state index in [2.05, 4.69) is 16.9 Å². The monoisotopic (exact) mass is 460 g/mol. The first-order chi connectivity index (χ1) is 15.9. The number of benzene rings is 2. The Kier molecular flexibility index (Phi) is 5.34. The number of hydrogen-bond donors (Lipinski definition) is 1. The van der Waals surface area contributed by atoms with E-state index in [9.17, 15) is 4.79 Å². The van der Waals surface area contributed by atoms with Gasteiger partial charge in [-0.1, -0.05) is 48.0 Å². The molecule has 0 amide bonds. The summed E-state index contributed by atoms with van der Waals surface area (Å²) in [6.07, 6.45) is 6.03. The molecule has 0 unspecified atom stereocenters. The van der Waals surface area contributed by atoms with Gasteiger partial charge in [-0.2, -0.15) is 4.98 Å². The number of carboxylic acid groups (broad SMARTS) is 1. The third kappa shape index (κ3) is 4.45. The number of carboxylic acids is 1. The minimum absolute atomic E-state index is 0.208. The van der Waals surface area contributed by atoms with Gasteiger partial charge in [0, 0.05) is 11.6 Å². The summed E-state index contributed by atoms with van der Waals surface area (Å²) in [4.78, 5) is 24.6. The first-order valence-electron chi connectivity index (χ1n) is 10.6. The standard InChI is InChI=1S/C25H21ClN4O3/c1-25(11-12-25)33-24-21-23(27-15-28-24)30(14-17-5-3-2-4-6-17)22(29-21)18-9-7-16(13-19(18)26)8-10-20(31)32/h2-10,13,15H,11-12,14H2,1H3,(H,31,32)/b10-8+. The van der Waals surface area contributed by atoms with Gasteiger partial charge in [0.2, 0.25) is 5.88 Å². The van der Waals surface area contributed by atoms with Crippen molar-refractivity contribution in [2.24, 2.45) is 0 Å². The van der Waals surface area contributed by atoms with Crippen molar-refractivity contribution in [2.75, 3.05) is 0 Å². The minimum Gasteiger partial charge on any atom is -0.478 e. The average Bonchev–Trinajstić information content (AvgIpc) is 3.41. The molecule has 2 aromatic carbocycles. The van der Waals surface area contributed by atoms with Crippen LogP contribution < -0.4 is 4.74 Å². The third-order valence-corrected chi connectivity index (χ3v) is 5.94. The Hall–Kier alpha value is -3.71. The molecule has 1 saturated carbocycles. The van der Waals surface area contributed by atoms with E-state index in [0.29, 0.717) is 45.6 Å². The van der Waals surface area contributed by atoms with Gasteiger partial charge in [-0.25, -0.2) is 14.8 Å². The number of imidazole rings is 1. The van der Waals surface area contributed by atoms with Gasteiger partial charge >= 0.3 is 5.97 Å². The Morgan fingerprint density at radius 2 is 2.00 bits per heavy atom. The van der Waals surface area contributed by atoms with Gasteiger partial charge in [0.05, 0.1) is 11.6 Å². The molecular formula is C25H21ClN4O3. The van der Waals surface area contributed by atoms with Crippen LogP contribution in [0.4, 0.5) is 0 Å². The van der Waals surface area contributed by atoms with E-state index in [4.69, 9.17) is 26.4 Å². The highest BCUT2D eigenvalue weighted by molar-refractivity contribution is 6.33. The highest BCUT2D eigenvalue weighted by Gasteiger charge is 2.41. The molecule has 0 aliphatic heterocycles. The number of aliphatic carboxylic acids is 1. The highest BCUT2D eigenvalue weighted by atomic mass is 35.5. The van der Waals surface area contributed by atoms with Crippen LogP contribution in [0.1, 0.15) is 30.9 Å². The fourth-order valence-corrected chi connectivity index (χ4v) is 3.88. The molecular weight excluding hydrogens is 440 g/mol. The number of aromatic nitrogens is 4. The second-order valence-corrected chi connectivity index (χ2v) is 8.73. The Morgan fingerprint density at radius 1 is 1.21 bits per heavy atom. The van der Waals surface area contributed by atoms with Gasteiger partial charge in [0.25, 0.3) is 0 Å². The second-order valence-electron chi connectivity index (χ2n) is 8.32. The highest BCUT2D eigenvalue weighted by Crippen LogP contribution is 2.41. The number of hydrogen-bond acceptors (Lipinski definition) is 5. The van der Waals surface area contributed by atoms with E-state index < -0.39 is 5.97 Å². The quantitative estimate of drug-likeness (QED) is 0.380. The summed E-state index contributed by atoms with van der Waals surface area (Å²) in [7, 11) is 0. The topological polar surface area (TPSA) is 90.1 Å². The average molecular weight is 461 g/mol. The van der Waals surface area contributed by atoms with Crippen molar-refractivity contribution < 1.29 is 14.6 Å². The molecule has 8 heteroatoms. The number of rotatable bonds is 7. The summed E-state index contributed by atoms with van der Waals surface area (Å²) >= 11 is 6.64. The lowest BCUT2D eigenvalue weighted by molar-refractivity contribution is -0.131. The third-order valence-electron chi connectivity index (χ3n) is 5.63. The van der Waals surface area contributed by atoms with Crippen LogP contribution in [0.5, 0.6) is 5.88 Å². The fourth-order valence-electron chi connectivity index (χ4n) is 3.61. The second kappa shape index (κ2) is 8.33. The number of halogens is 1. The predicted molar refractivity (Wildman–Crippen MR) is 126 cm³/mol. The number of fused-ring (bicyclic) bond motifs is 1. The number of ether oxygens (including phenoxy) is 1. The molecule has 0 radical (unpaired) electrons. The zero-order valence-electron chi connectivity index (χ0n) is 17.9.